The molecule has 3 aromatic rings. The summed E-state index contributed by atoms with van der Waals surface area (Å²) in [4.78, 5) is 13.1. The van der Waals surface area contributed by atoms with Crippen molar-refractivity contribution in [3.63, 3.8) is 0 Å². The first-order valence-electron chi connectivity index (χ1n) is 5.40. The Morgan fingerprint density at radius 2 is 1.17 bits per heavy atom. The van der Waals surface area contributed by atoms with E-state index in [4.69, 9.17) is 0 Å². The zero-order valence-electron chi connectivity index (χ0n) is 9.42. The van der Waals surface area contributed by atoms with Crippen molar-refractivity contribution >= 4 is 0 Å². The van der Waals surface area contributed by atoms with E-state index in [-0.39, 0.29) is 17.1 Å². The Balaban J connectivity index is 0.00000120. The predicted octanol–water partition coefficient (Wildman–Crippen LogP) is 2.77. The van der Waals surface area contributed by atoms with E-state index in [1.54, 1.807) is 12.4 Å². The van der Waals surface area contributed by atoms with Crippen LogP contribution in [0.15, 0.2) is 60.9 Å². The molecule has 92 valence electrons. The topological polar surface area (TPSA) is 39.9 Å². The average molecular weight is 284 g/mol. The van der Waals surface area contributed by atoms with Gasteiger partial charge >= 0.3 is 17.1 Å². The van der Waals surface area contributed by atoms with Crippen LogP contribution in [-0.2, 0) is 17.1 Å². The summed E-state index contributed by atoms with van der Waals surface area (Å²) in [6, 6.07) is 15.5. The van der Waals surface area contributed by atoms with E-state index in [2.05, 4.69) is 15.0 Å². The summed E-state index contributed by atoms with van der Waals surface area (Å²) in [5.41, 5.74) is 3.53. The molecule has 0 amide bonds. The summed E-state index contributed by atoms with van der Waals surface area (Å²) >= 11 is 0. The second-order valence-electron chi connectivity index (χ2n) is 3.65. The van der Waals surface area contributed by atoms with E-state index in [1.165, 1.54) is 0 Å². The number of pyridine rings is 2. The van der Waals surface area contributed by atoms with Crippen LogP contribution >= 0.6 is 0 Å². The number of hydrogen-bond acceptors (Lipinski definition) is 2. The van der Waals surface area contributed by atoms with Gasteiger partial charge in [-0.2, -0.15) is 0 Å². The van der Waals surface area contributed by atoms with Crippen molar-refractivity contribution in [1.29, 1.82) is 0 Å². The zero-order valence-corrected chi connectivity index (χ0v) is 10.4. The second-order valence-corrected chi connectivity index (χ2v) is 3.65. The van der Waals surface area contributed by atoms with E-state index in [0.717, 1.165) is 22.8 Å². The van der Waals surface area contributed by atoms with Crippen LogP contribution in [0.25, 0.3) is 22.8 Å². The third-order valence-electron chi connectivity index (χ3n) is 2.49. The number of nitrogens with zero attached hydrogens (tertiary/aromatic N) is 3. The van der Waals surface area contributed by atoms with Crippen LogP contribution in [0.5, 0.6) is 0 Å². The van der Waals surface area contributed by atoms with Crippen molar-refractivity contribution in [2.24, 2.45) is 0 Å². The smallest absolute Gasteiger partial charge is 0.654 e. The molecule has 4 heteroatoms. The van der Waals surface area contributed by atoms with Crippen molar-refractivity contribution in [1.82, 2.24) is 15.0 Å². The molecule has 0 bridgehead atoms. The van der Waals surface area contributed by atoms with Gasteiger partial charge in [-0.3, -0.25) is 9.97 Å². The summed E-state index contributed by atoms with van der Waals surface area (Å²) in [5.74, 6) is 0. The summed E-state index contributed by atoms with van der Waals surface area (Å²) in [5, 5.41) is 0. The van der Waals surface area contributed by atoms with Crippen molar-refractivity contribution < 1.29 is 17.1 Å². The molecule has 0 saturated heterocycles. The van der Waals surface area contributed by atoms with Crippen LogP contribution in [0.4, 0.5) is 0 Å². The Labute approximate surface area is 116 Å². The Morgan fingerprint density at radius 1 is 0.667 bits per heavy atom. The fourth-order valence-electron chi connectivity index (χ4n) is 1.68. The summed E-state index contributed by atoms with van der Waals surface area (Å²) in [7, 11) is 0. The molecule has 0 unspecified atom stereocenters. The van der Waals surface area contributed by atoms with E-state index >= 15 is 0 Å². The molecule has 0 atom stereocenters. The minimum atomic E-state index is 0. The fraction of sp³-hybridized carbons (Fsp3) is 0. The Hall–Kier alpha value is -1.90. The van der Waals surface area contributed by atoms with Gasteiger partial charge in [0.15, 0.2) is 0 Å². The zero-order chi connectivity index (χ0) is 11.5. The van der Waals surface area contributed by atoms with E-state index in [0.29, 0.717) is 0 Å². The van der Waals surface area contributed by atoms with Crippen molar-refractivity contribution in [3.05, 3.63) is 60.9 Å². The first-order chi connectivity index (χ1) is 8.43. The monoisotopic (exact) mass is 283 g/mol. The molecule has 0 aliphatic carbocycles. The van der Waals surface area contributed by atoms with E-state index < -0.39 is 0 Å². The van der Waals surface area contributed by atoms with Gasteiger partial charge in [-0.05, 0) is 24.3 Å². The fourth-order valence-corrected chi connectivity index (χ4v) is 1.68. The molecule has 0 radical (unpaired) electrons. The van der Waals surface area contributed by atoms with Gasteiger partial charge in [0.25, 0.3) is 0 Å². The quantitative estimate of drug-likeness (QED) is 0.679. The molecule has 18 heavy (non-hydrogen) atoms. The van der Waals surface area contributed by atoms with Crippen LogP contribution in [0.2, 0.25) is 0 Å². The van der Waals surface area contributed by atoms with Gasteiger partial charge in [0.2, 0.25) is 0 Å². The maximum atomic E-state index is 4.53. The molecule has 0 aliphatic rings. The maximum Gasteiger partial charge on any atom is 1.00 e. The molecule has 0 aromatic carbocycles. The molecular weight excluding hydrogens is 274 g/mol. The van der Waals surface area contributed by atoms with Crippen molar-refractivity contribution in [2.75, 3.05) is 0 Å². The Morgan fingerprint density at radius 3 is 1.56 bits per heavy atom. The first kappa shape index (κ1) is 12.6. The van der Waals surface area contributed by atoms with Gasteiger partial charge in [-0.25, -0.2) is 0 Å². The third-order valence-corrected chi connectivity index (χ3v) is 2.49. The summed E-state index contributed by atoms with van der Waals surface area (Å²) in [6.07, 6.45) is 3.54. The Kier molecular flexibility index (Phi) is 3.92. The molecule has 3 aromatic heterocycles. The SMILES string of the molecule is [Cu+].c1ccc(-c2ccc(-c3ccccn3)[n-]2)nc1. The van der Waals surface area contributed by atoms with Crippen molar-refractivity contribution in [2.45, 2.75) is 0 Å². The molecule has 0 aliphatic heterocycles. The molecule has 3 nitrogen and oxygen atoms in total. The van der Waals surface area contributed by atoms with Gasteiger partial charge in [-0.15, -0.1) is 11.4 Å². The van der Waals surface area contributed by atoms with Crippen LogP contribution in [0.1, 0.15) is 0 Å². The van der Waals surface area contributed by atoms with Gasteiger partial charge in [0.1, 0.15) is 0 Å². The molecule has 0 N–H and O–H groups in total. The van der Waals surface area contributed by atoms with Crippen LogP contribution in [0, 0.1) is 0 Å². The van der Waals surface area contributed by atoms with Crippen molar-refractivity contribution in [3.8, 4) is 22.8 Å². The largest absolute Gasteiger partial charge is 1.00 e. The van der Waals surface area contributed by atoms with E-state index in [9.17, 15) is 0 Å². The average Bonchev–Trinajstić information content (AvgIpc) is 2.90. The van der Waals surface area contributed by atoms with Gasteiger partial charge in [-0.1, -0.05) is 24.3 Å². The third kappa shape index (κ3) is 2.50. The standard InChI is InChI=1S/C14H10N3.Cu/c1-3-9-15-11(5-1)13-7-8-14(17-13)12-6-2-4-10-16-12;/h1-10H;/q-1;+1. The minimum Gasteiger partial charge on any atom is -0.654 e. The summed E-state index contributed by atoms with van der Waals surface area (Å²) < 4.78 is 0. The minimum absolute atomic E-state index is 0. The van der Waals surface area contributed by atoms with Crippen LogP contribution in [0.3, 0.4) is 0 Å². The molecule has 0 spiro atoms. The predicted molar refractivity (Wildman–Crippen MR) is 66.2 cm³/mol. The van der Waals surface area contributed by atoms with Gasteiger partial charge in [0.05, 0.1) is 0 Å². The van der Waals surface area contributed by atoms with Crippen LogP contribution < -0.4 is 4.98 Å². The maximum absolute atomic E-state index is 4.53. The van der Waals surface area contributed by atoms with E-state index in [1.807, 2.05) is 48.5 Å². The Bertz CT molecular complexity index is 551. The molecule has 0 saturated carbocycles. The second kappa shape index (κ2) is 5.63. The summed E-state index contributed by atoms with van der Waals surface area (Å²) in [6.45, 7) is 0. The van der Waals surface area contributed by atoms with Crippen LogP contribution in [-0.4, -0.2) is 9.97 Å². The molecule has 3 heterocycles. The molecule has 0 fully saturated rings. The number of hydrogen-bond donors (Lipinski definition) is 0. The van der Waals surface area contributed by atoms with Gasteiger partial charge in [0, 0.05) is 23.8 Å². The number of rotatable bonds is 2. The number of aromatic nitrogens is 3. The molecule has 3 rings (SSSR count). The first-order valence-corrected chi connectivity index (χ1v) is 5.40. The van der Waals surface area contributed by atoms with Gasteiger partial charge < -0.3 is 4.98 Å². The normalized spacial score (nSPS) is 9.78. The molecular formula is C14H10CuN3.